The van der Waals surface area contributed by atoms with Gasteiger partial charge in [0, 0.05) is 0 Å². The van der Waals surface area contributed by atoms with Crippen molar-refractivity contribution in [1.82, 2.24) is 0 Å². The van der Waals surface area contributed by atoms with Gasteiger partial charge in [-0.15, -0.1) is 0 Å². The molecule has 2 rings (SSSR count). The molecule has 0 aliphatic rings. The van der Waals surface area contributed by atoms with E-state index in [1.54, 1.807) is 0 Å². The Morgan fingerprint density at radius 2 is 1.35 bits per heavy atom. The lowest BCUT2D eigenvalue weighted by Crippen LogP contribution is -2.34. The first-order valence-corrected chi connectivity index (χ1v) is 7.29. The van der Waals surface area contributed by atoms with Gasteiger partial charge in [-0.05, 0) is 26.0 Å². The van der Waals surface area contributed by atoms with E-state index in [1.165, 1.54) is 33.0 Å². The van der Waals surface area contributed by atoms with Crippen LogP contribution < -0.4 is 26.6 Å². The summed E-state index contributed by atoms with van der Waals surface area (Å²) in [5.41, 5.74) is 7.83. The predicted molar refractivity (Wildman–Crippen MR) is 99.6 cm³/mol. The number of aryl methyl sites for hydroxylation is 2. The van der Waals surface area contributed by atoms with Gasteiger partial charge in [0.05, 0.1) is 0 Å². The van der Waals surface area contributed by atoms with E-state index < -0.39 is 0 Å². The molecule has 0 aliphatic carbocycles. The quantitative estimate of drug-likeness (QED) is 0.579. The summed E-state index contributed by atoms with van der Waals surface area (Å²) in [4.78, 5) is 0. The van der Waals surface area contributed by atoms with Crippen LogP contribution in [0.15, 0.2) is 24.3 Å². The molecule has 98 valence electrons. The molecule has 0 unspecified atom stereocenters. The zero-order valence-electron chi connectivity index (χ0n) is 13.4. The number of hydrogen-bond acceptors (Lipinski definition) is 1. The molecule has 0 bridgehead atoms. The molecule has 0 heterocycles. The average molecular weight is 260 g/mol. The summed E-state index contributed by atoms with van der Waals surface area (Å²) in [6.45, 7) is 6.50. The SMILES string of the molecule is Bc1c(C)ccc(Oc2ccc(C)c(BC)c2B)c1B. The van der Waals surface area contributed by atoms with Crippen molar-refractivity contribution >= 4 is 52.7 Å². The fraction of sp³-hybridized carbons (Fsp3) is 0.200. The van der Waals surface area contributed by atoms with Gasteiger partial charge in [0.2, 0.25) is 0 Å². The van der Waals surface area contributed by atoms with Gasteiger partial charge >= 0.3 is 0 Å². The van der Waals surface area contributed by atoms with Gasteiger partial charge in [-0.3, -0.25) is 0 Å². The van der Waals surface area contributed by atoms with Crippen molar-refractivity contribution in [3.63, 3.8) is 0 Å². The van der Waals surface area contributed by atoms with Crippen molar-refractivity contribution in [1.29, 1.82) is 0 Å². The van der Waals surface area contributed by atoms with Crippen LogP contribution in [0, 0.1) is 13.8 Å². The van der Waals surface area contributed by atoms with Crippen molar-refractivity contribution in [3.05, 3.63) is 35.4 Å². The summed E-state index contributed by atoms with van der Waals surface area (Å²) in [7, 11) is 7.47. The molecule has 0 N–H and O–H groups in total. The Hall–Kier alpha value is -1.50. The molecule has 1 nitrogen and oxygen atoms in total. The first-order valence-electron chi connectivity index (χ1n) is 7.29. The van der Waals surface area contributed by atoms with E-state index >= 15 is 0 Å². The second-order valence-electron chi connectivity index (χ2n) is 5.57. The number of benzene rings is 2. The monoisotopic (exact) mass is 260 g/mol. The molecule has 0 atom stereocenters. The molecule has 2 aromatic rings. The second kappa shape index (κ2) is 5.87. The van der Waals surface area contributed by atoms with Crippen LogP contribution >= 0.6 is 0 Å². The summed E-state index contributed by atoms with van der Waals surface area (Å²) < 4.78 is 6.17. The maximum absolute atomic E-state index is 6.17. The topological polar surface area (TPSA) is 9.23 Å². The minimum atomic E-state index is 0.960. The lowest BCUT2D eigenvalue weighted by atomic mass is 9.64. The molecule has 0 spiro atoms. The lowest BCUT2D eigenvalue weighted by molar-refractivity contribution is 0.491. The summed E-state index contributed by atoms with van der Waals surface area (Å²) in [5, 5.41) is 0. The second-order valence-corrected chi connectivity index (χ2v) is 5.57. The first-order chi connectivity index (χ1) is 9.45. The van der Waals surface area contributed by atoms with Crippen LogP contribution in [0.1, 0.15) is 11.1 Å². The molecule has 0 aromatic heterocycles. The summed E-state index contributed by atoms with van der Waals surface area (Å²) >= 11 is 0. The summed E-state index contributed by atoms with van der Waals surface area (Å²) in [6, 6.07) is 8.43. The fourth-order valence-corrected chi connectivity index (χ4v) is 2.69. The third-order valence-electron chi connectivity index (χ3n) is 4.36. The molecule has 0 saturated heterocycles. The van der Waals surface area contributed by atoms with Gasteiger partial charge in [0.15, 0.2) is 7.28 Å². The van der Waals surface area contributed by atoms with Crippen LogP contribution in [0.3, 0.4) is 0 Å². The average Bonchev–Trinajstić information content (AvgIpc) is 2.43. The third kappa shape index (κ3) is 2.67. The highest BCUT2D eigenvalue weighted by molar-refractivity contribution is 6.61. The molecule has 0 fully saturated rings. The molecule has 0 aliphatic heterocycles. The highest BCUT2D eigenvalue weighted by atomic mass is 16.5. The maximum atomic E-state index is 6.17. The van der Waals surface area contributed by atoms with E-state index in [0.717, 1.165) is 18.8 Å². The smallest absolute Gasteiger partial charge is 0.154 e. The molecule has 0 amide bonds. The molecule has 0 saturated carbocycles. The van der Waals surface area contributed by atoms with E-state index in [0.29, 0.717) is 0 Å². The zero-order chi connectivity index (χ0) is 14.9. The van der Waals surface area contributed by atoms with Crippen LogP contribution in [0.5, 0.6) is 11.5 Å². The summed E-state index contributed by atoms with van der Waals surface area (Å²) in [6.07, 6.45) is 0. The number of rotatable bonds is 3. The van der Waals surface area contributed by atoms with E-state index in [2.05, 4.69) is 68.5 Å². The Morgan fingerprint density at radius 1 is 0.800 bits per heavy atom. The minimum Gasteiger partial charge on any atom is -0.459 e. The Kier molecular flexibility index (Phi) is 4.37. The Morgan fingerprint density at radius 3 is 1.95 bits per heavy atom. The zero-order valence-corrected chi connectivity index (χ0v) is 13.4. The van der Waals surface area contributed by atoms with Gasteiger partial charge in [-0.1, -0.05) is 51.9 Å². The van der Waals surface area contributed by atoms with E-state index in [-0.39, 0.29) is 0 Å². The first kappa shape index (κ1) is 14.9. The number of ether oxygens (including phenoxy) is 1. The van der Waals surface area contributed by atoms with Crippen molar-refractivity contribution in [2.45, 2.75) is 20.7 Å². The molecular weight excluding hydrogens is 239 g/mol. The van der Waals surface area contributed by atoms with Crippen LogP contribution in [0.2, 0.25) is 6.82 Å². The largest absolute Gasteiger partial charge is 0.459 e. The van der Waals surface area contributed by atoms with Gasteiger partial charge in [0.25, 0.3) is 0 Å². The van der Waals surface area contributed by atoms with Crippen LogP contribution in [0.25, 0.3) is 0 Å². The molecule has 5 heteroatoms. The Bertz CT molecular complexity index is 653. The van der Waals surface area contributed by atoms with Crippen LogP contribution in [-0.2, 0) is 0 Å². The van der Waals surface area contributed by atoms with E-state index in [9.17, 15) is 0 Å². The Labute approximate surface area is 125 Å². The molecule has 2 aromatic carbocycles. The third-order valence-corrected chi connectivity index (χ3v) is 4.36. The fourth-order valence-electron chi connectivity index (χ4n) is 2.69. The van der Waals surface area contributed by atoms with Crippen molar-refractivity contribution in [2.75, 3.05) is 0 Å². The highest BCUT2D eigenvalue weighted by Crippen LogP contribution is 2.17. The predicted octanol–water partition coefficient (Wildman–Crippen LogP) is -2.02. The Balaban J connectivity index is 2.43. The number of hydrogen-bond donors (Lipinski definition) is 0. The van der Waals surface area contributed by atoms with Crippen LogP contribution in [-0.4, -0.2) is 30.8 Å². The van der Waals surface area contributed by atoms with Gasteiger partial charge < -0.3 is 4.74 Å². The van der Waals surface area contributed by atoms with E-state index in [1.807, 2.05) is 0 Å². The van der Waals surface area contributed by atoms with Crippen molar-refractivity contribution < 1.29 is 4.74 Å². The standard InChI is InChI=1S/C15H20B4O/c1-8-4-6-10(13(17)12(8)16)20-11-7-5-9(2)15(19-3)14(11)18/h4-7,19H,16-18H2,1-3H3. The van der Waals surface area contributed by atoms with Gasteiger partial charge in [0.1, 0.15) is 35.0 Å². The van der Waals surface area contributed by atoms with Crippen molar-refractivity contribution in [2.24, 2.45) is 0 Å². The minimum absolute atomic E-state index is 0.960. The van der Waals surface area contributed by atoms with E-state index in [4.69, 9.17) is 4.74 Å². The van der Waals surface area contributed by atoms with Crippen LogP contribution in [0.4, 0.5) is 0 Å². The maximum Gasteiger partial charge on any atom is 0.154 e. The normalized spacial score (nSPS) is 10.3. The van der Waals surface area contributed by atoms with Crippen molar-refractivity contribution in [3.8, 4) is 11.5 Å². The molecular formula is C15H20B4O. The lowest BCUT2D eigenvalue weighted by Gasteiger charge is -2.17. The van der Waals surface area contributed by atoms with Gasteiger partial charge in [-0.25, -0.2) is 0 Å². The van der Waals surface area contributed by atoms with Gasteiger partial charge in [-0.2, -0.15) is 0 Å². The highest BCUT2D eigenvalue weighted by Gasteiger charge is 2.10. The molecule has 20 heavy (non-hydrogen) atoms. The molecule has 0 radical (unpaired) electrons. The summed E-state index contributed by atoms with van der Waals surface area (Å²) in [5.74, 6) is 1.93.